The summed E-state index contributed by atoms with van der Waals surface area (Å²) in [6.07, 6.45) is 3.57. The van der Waals surface area contributed by atoms with E-state index >= 15 is 0 Å². The highest BCUT2D eigenvalue weighted by Crippen LogP contribution is 2.23. The number of carbonyl (C=O) groups is 1. The van der Waals surface area contributed by atoms with Crippen LogP contribution in [0.4, 0.5) is 5.69 Å². The van der Waals surface area contributed by atoms with Crippen LogP contribution < -0.4 is 14.8 Å². The van der Waals surface area contributed by atoms with Gasteiger partial charge in [-0.2, -0.15) is 4.98 Å². The van der Waals surface area contributed by atoms with Gasteiger partial charge in [-0.05, 0) is 66.2 Å². The number of aromatic nitrogens is 4. The zero-order chi connectivity index (χ0) is 24.9. The molecule has 9 nitrogen and oxygen atoms in total. The molecule has 9 heteroatoms. The van der Waals surface area contributed by atoms with E-state index in [9.17, 15) is 4.79 Å². The molecule has 180 valence electrons. The second-order valence-corrected chi connectivity index (χ2v) is 7.96. The van der Waals surface area contributed by atoms with E-state index in [1.807, 2.05) is 59.3 Å². The van der Waals surface area contributed by atoms with Crippen LogP contribution in [0.2, 0.25) is 0 Å². The Balaban J connectivity index is 1.21. The predicted molar refractivity (Wildman–Crippen MR) is 134 cm³/mol. The van der Waals surface area contributed by atoms with Gasteiger partial charge >= 0.3 is 0 Å². The van der Waals surface area contributed by atoms with Gasteiger partial charge in [0.15, 0.2) is 0 Å². The molecule has 0 fully saturated rings. The van der Waals surface area contributed by atoms with Crippen LogP contribution in [0.3, 0.4) is 0 Å². The summed E-state index contributed by atoms with van der Waals surface area (Å²) in [7, 11) is 3.21. The first-order valence-electron chi connectivity index (χ1n) is 11.2. The Kier molecular flexibility index (Phi) is 6.44. The maximum atomic E-state index is 12.5. The molecule has 36 heavy (non-hydrogen) atoms. The van der Waals surface area contributed by atoms with Crippen molar-refractivity contribution in [2.24, 2.45) is 0 Å². The van der Waals surface area contributed by atoms with E-state index in [0.29, 0.717) is 41.0 Å². The number of methoxy groups -OCH3 is 2. The maximum Gasteiger partial charge on any atom is 0.278 e. The largest absolute Gasteiger partial charge is 0.497 e. The fourth-order valence-corrected chi connectivity index (χ4v) is 3.59. The van der Waals surface area contributed by atoms with Crippen molar-refractivity contribution in [3.63, 3.8) is 0 Å². The lowest BCUT2D eigenvalue weighted by molar-refractivity contribution is 0.102. The summed E-state index contributed by atoms with van der Waals surface area (Å²) in [5.74, 6) is 2.10. The third-order valence-corrected chi connectivity index (χ3v) is 5.56. The molecule has 1 amide bonds. The lowest BCUT2D eigenvalue weighted by Crippen LogP contribution is -2.11. The molecule has 0 atom stereocenters. The molecule has 1 N–H and O–H groups in total. The summed E-state index contributed by atoms with van der Waals surface area (Å²) < 4.78 is 17.6. The van der Waals surface area contributed by atoms with Gasteiger partial charge in [-0.25, -0.2) is 4.98 Å². The van der Waals surface area contributed by atoms with Crippen molar-refractivity contribution in [2.45, 2.75) is 6.54 Å². The monoisotopic (exact) mass is 481 g/mol. The average Bonchev–Trinajstić information content (AvgIpc) is 3.60. The van der Waals surface area contributed by atoms with E-state index in [-0.39, 0.29) is 5.91 Å². The number of anilines is 1. The van der Waals surface area contributed by atoms with Crippen molar-refractivity contribution >= 4 is 11.6 Å². The van der Waals surface area contributed by atoms with Crippen molar-refractivity contribution in [1.29, 1.82) is 0 Å². The van der Waals surface area contributed by atoms with Crippen LogP contribution in [-0.2, 0) is 6.54 Å². The van der Waals surface area contributed by atoms with Gasteiger partial charge in [0.25, 0.3) is 11.8 Å². The number of nitrogens with zero attached hydrogens (tertiary/aromatic N) is 4. The van der Waals surface area contributed by atoms with Crippen molar-refractivity contribution in [3.05, 3.63) is 96.4 Å². The van der Waals surface area contributed by atoms with Crippen LogP contribution >= 0.6 is 0 Å². The zero-order valence-corrected chi connectivity index (χ0v) is 19.7. The van der Waals surface area contributed by atoms with E-state index in [1.54, 1.807) is 44.8 Å². The SMILES string of the molecule is COc1ccc(C(=O)Nc2ccc(Cn3cnc(-c4nc(-c5ccc(OC)cc5)no4)c3)cc2)cc1. The van der Waals surface area contributed by atoms with Crippen LogP contribution in [0.25, 0.3) is 23.0 Å². The van der Waals surface area contributed by atoms with E-state index in [4.69, 9.17) is 14.0 Å². The average molecular weight is 482 g/mol. The fourth-order valence-electron chi connectivity index (χ4n) is 3.59. The fraction of sp³-hybridized carbons (Fsp3) is 0.111. The van der Waals surface area contributed by atoms with Crippen molar-refractivity contribution < 1.29 is 18.8 Å². The number of hydrogen-bond donors (Lipinski definition) is 1. The highest BCUT2D eigenvalue weighted by Gasteiger charge is 2.13. The van der Waals surface area contributed by atoms with Gasteiger partial charge in [-0.3, -0.25) is 4.79 Å². The van der Waals surface area contributed by atoms with E-state index < -0.39 is 0 Å². The molecular formula is C27H23N5O4. The quantitative estimate of drug-likeness (QED) is 0.335. The minimum atomic E-state index is -0.182. The number of ether oxygens (including phenoxy) is 2. The van der Waals surface area contributed by atoms with Crippen molar-refractivity contribution in [3.8, 4) is 34.5 Å². The molecule has 2 heterocycles. The summed E-state index contributed by atoms with van der Waals surface area (Å²) in [4.78, 5) is 21.3. The second-order valence-electron chi connectivity index (χ2n) is 7.96. The molecule has 0 saturated heterocycles. The molecule has 2 aromatic heterocycles. The van der Waals surface area contributed by atoms with Crippen LogP contribution in [0, 0.1) is 0 Å². The number of rotatable bonds is 8. The Morgan fingerprint density at radius 1 is 0.917 bits per heavy atom. The first-order chi connectivity index (χ1) is 17.6. The molecule has 0 spiro atoms. The van der Waals surface area contributed by atoms with Gasteiger partial charge in [-0.15, -0.1) is 0 Å². The number of carbonyl (C=O) groups excluding carboxylic acids is 1. The minimum Gasteiger partial charge on any atom is -0.497 e. The second kappa shape index (κ2) is 10.1. The summed E-state index contributed by atoms with van der Waals surface area (Å²) in [6.45, 7) is 0.596. The summed E-state index contributed by atoms with van der Waals surface area (Å²) in [5, 5.41) is 6.96. The molecular weight excluding hydrogens is 458 g/mol. The molecule has 0 unspecified atom stereocenters. The Labute approximate surface area is 207 Å². The Hall–Kier alpha value is -4.92. The molecule has 0 saturated carbocycles. The molecule has 3 aromatic carbocycles. The third kappa shape index (κ3) is 5.10. The van der Waals surface area contributed by atoms with E-state index in [2.05, 4.69) is 20.4 Å². The maximum absolute atomic E-state index is 12.5. The first kappa shape index (κ1) is 22.9. The molecule has 0 aliphatic carbocycles. The summed E-state index contributed by atoms with van der Waals surface area (Å²) >= 11 is 0. The normalized spacial score (nSPS) is 10.7. The topological polar surface area (TPSA) is 104 Å². The molecule has 0 aliphatic rings. The summed E-state index contributed by atoms with van der Waals surface area (Å²) in [6, 6.07) is 22.0. The lowest BCUT2D eigenvalue weighted by atomic mass is 10.1. The first-order valence-corrected chi connectivity index (χ1v) is 11.2. The zero-order valence-electron chi connectivity index (χ0n) is 19.7. The predicted octanol–water partition coefficient (Wildman–Crippen LogP) is 4.92. The standard InChI is InChI=1S/C27H23N5O4/c1-34-22-11-5-19(6-12-22)25-30-27(36-31-25)24-16-32(17-28-24)15-18-3-9-21(10-4-18)29-26(33)20-7-13-23(35-2)14-8-20/h3-14,16-17H,15H2,1-2H3,(H,29,33). The Bertz CT molecular complexity index is 1460. The van der Waals surface area contributed by atoms with Crippen molar-refractivity contribution in [2.75, 3.05) is 19.5 Å². The van der Waals surface area contributed by atoms with E-state index in [0.717, 1.165) is 16.9 Å². The van der Waals surface area contributed by atoms with Crippen LogP contribution in [0.5, 0.6) is 11.5 Å². The Morgan fingerprint density at radius 2 is 1.58 bits per heavy atom. The van der Waals surface area contributed by atoms with Crippen LogP contribution in [0.15, 0.2) is 89.8 Å². The highest BCUT2D eigenvalue weighted by molar-refractivity contribution is 6.04. The smallest absolute Gasteiger partial charge is 0.278 e. The molecule has 0 radical (unpaired) electrons. The number of amides is 1. The molecule has 0 bridgehead atoms. The van der Waals surface area contributed by atoms with Crippen LogP contribution in [0.1, 0.15) is 15.9 Å². The number of nitrogens with one attached hydrogen (secondary N) is 1. The number of imidazole rings is 1. The van der Waals surface area contributed by atoms with Gasteiger partial charge in [0.05, 0.1) is 20.5 Å². The summed E-state index contributed by atoms with van der Waals surface area (Å²) in [5.41, 5.74) is 3.73. The van der Waals surface area contributed by atoms with Crippen LogP contribution in [-0.4, -0.2) is 39.8 Å². The molecule has 0 aliphatic heterocycles. The van der Waals surface area contributed by atoms with Crippen molar-refractivity contribution in [1.82, 2.24) is 19.7 Å². The van der Waals surface area contributed by atoms with Gasteiger partial charge in [0.2, 0.25) is 5.82 Å². The lowest BCUT2D eigenvalue weighted by Gasteiger charge is -2.08. The van der Waals surface area contributed by atoms with Gasteiger partial charge in [-0.1, -0.05) is 17.3 Å². The van der Waals surface area contributed by atoms with E-state index in [1.165, 1.54) is 0 Å². The van der Waals surface area contributed by atoms with Gasteiger partial charge in [0.1, 0.15) is 17.2 Å². The molecule has 5 rings (SSSR count). The Morgan fingerprint density at radius 3 is 2.25 bits per heavy atom. The number of hydrogen-bond acceptors (Lipinski definition) is 7. The van der Waals surface area contributed by atoms with Gasteiger partial charge in [0, 0.05) is 29.6 Å². The van der Waals surface area contributed by atoms with Gasteiger partial charge < -0.3 is 23.9 Å². The number of benzene rings is 3. The minimum absolute atomic E-state index is 0.182. The molecule has 5 aromatic rings. The highest BCUT2D eigenvalue weighted by atomic mass is 16.5. The third-order valence-electron chi connectivity index (χ3n) is 5.56.